The standard InChI is InChI=1S/C8H15NO/c1-9-5-3-8(4-6-9)7-10-2/h3H,4-7H2,1-2H3. The van der Waals surface area contributed by atoms with Gasteiger partial charge >= 0.3 is 0 Å². The second-order valence-corrected chi connectivity index (χ2v) is 2.81. The second kappa shape index (κ2) is 3.74. The Kier molecular flexibility index (Phi) is 2.90. The highest BCUT2D eigenvalue weighted by atomic mass is 16.5. The van der Waals surface area contributed by atoms with Gasteiger partial charge in [0.15, 0.2) is 0 Å². The molecular weight excluding hydrogens is 126 g/mol. The van der Waals surface area contributed by atoms with E-state index >= 15 is 0 Å². The van der Waals surface area contributed by atoms with E-state index in [1.165, 1.54) is 18.5 Å². The summed E-state index contributed by atoms with van der Waals surface area (Å²) < 4.78 is 5.03. The Morgan fingerprint density at radius 3 is 3.00 bits per heavy atom. The van der Waals surface area contributed by atoms with Crippen LogP contribution in [-0.4, -0.2) is 38.8 Å². The molecule has 0 saturated carbocycles. The van der Waals surface area contributed by atoms with Crippen molar-refractivity contribution in [1.82, 2.24) is 4.90 Å². The zero-order valence-corrected chi connectivity index (χ0v) is 6.76. The summed E-state index contributed by atoms with van der Waals surface area (Å²) in [4.78, 5) is 2.30. The van der Waals surface area contributed by atoms with Crippen molar-refractivity contribution >= 4 is 0 Å². The quantitative estimate of drug-likeness (QED) is 0.530. The van der Waals surface area contributed by atoms with E-state index in [0.29, 0.717) is 0 Å². The summed E-state index contributed by atoms with van der Waals surface area (Å²) in [6.07, 6.45) is 3.43. The second-order valence-electron chi connectivity index (χ2n) is 2.81. The third-order valence-corrected chi connectivity index (χ3v) is 1.84. The molecule has 0 aromatic rings. The maximum Gasteiger partial charge on any atom is 0.0673 e. The summed E-state index contributed by atoms with van der Waals surface area (Å²) in [5.41, 5.74) is 1.45. The lowest BCUT2D eigenvalue weighted by atomic mass is 10.1. The molecule has 0 bridgehead atoms. The third-order valence-electron chi connectivity index (χ3n) is 1.84. The van der Waals surface area contributed by atoms with Gasteiger partial charge in [-0.15, -0.1) is 0 Å². The molecule has 0 aliphatic carbocycles. The molecule has 0 unspecified atom stereocenters. The van der Waals surface area contributed by atoms with Gasteiger partial charge in [0.25, 0.3) is 0 Å². The Bertz CT molecular complexity index is 131. The monoisotopic (exact) mass is 141 g/mol. The van der Waals surface area contributed by atoms with Crippen molar-refractivity contribution in [1.29, 1.82) is 0 Å². The maximum atomic E-state index is 5.03. The number of ether oxygens (including phenoxy) is 1. The van der Waals surface area contributed by atoms with Crippen molar-refractivity contribution in [2.45, 2.75) is 6.42 Å². The van der Waals surface area contributed by atoms with Crippen LogP contribution in [0.5, 0.6) is 0 Å². The van der Waals surface area contributed by atoms with E-state index in [1.807, 2.05) is 0 Å². The molecule has 0 aromatic heterocycles. The van der Waals surface area contributed by atoms with Gasteiger partial charge in [-0.3, -0.25) is 0 Å². The Labute approximate surface area is 62.5 Å². The minimum atomic E-state index is 0.813. The lowest BCUT2D eigenvalue weighted by molar-refractivity contribution is 0.216. The van der Waals surface area contributed by atoms with Crippen LogP contribution in [0.4, 0.5) is 0 Å². The van der Waals surface area contributed by atoms with Crippen LogP contribution in [-0.2, 0) is 4.74 Å². The van der Waals surface area contributed by atoms with Crippen LogP contribution < -0.4 is 0 Å². The third kappa shape index (κ3) is 2.12. The predicted molar refractivity (Wildman–Crippen MR) is 42.1 cm³/mol. The van der Waals surface area contributed by atoms with E-state index in [0.717, 1.165) is 13.2 Å². The van der Waals surface area contributed by atoms with Crippen LogP contribution in [0.1, 0.15) is 6.42 Å². The molecule has 0 amide bonds. The van der Waals surface area contributed by atoms with Crippen LogP contribution in [0.15, 0.2) is 11.6 Å². The fourth-order valence-corrected chi connectivity index (χ4v) is 1.13. The van der Waals surface area contributed by atoms with Gasteiger partial charge in [-0.1, -0.05) is 6.08 Å². The number of hydrogen-bond donors (Lipinski definition) is 0. The zero-order valence-electron chi connectivity index (χ0n) is 6.76. The zero-order chi connectivity index (χ0) is 7.40. The summed E-state index contributed by atoms with van der Waals surface area (Å²) >= 11 is 0. The highest BCUT2D eigenvalue weighted by molar-refractivity contribution is 5.07. The van der Waals surface area contributed by atoms with Gasteiger partial charge in [0, 0.05) is 20.2 Å². The molecule has 0 aromatic carbocycles. The minimum Gasteiger partial charge on any atom is -0.380 e. The van der Waals surface area contributed by atoms with E-state index in [9.17, 15) is 0 Å². The van der Waals surface area contributed by atoms with Gasteiger partial charge in [-0.25, -0.2) is 0 Å². The number of nitrogens with zero attached hydrogens (tertiary/aromatic N) is 1. The molecule has 0 radical (unpaired) electrons. The maximum absolute atomic E-state index is 5.03. The van der Waals surface area contributed by atoms with E-state index in [2.05, 4.69) is 18.0 Å². The van der Waals surface area contributed by atoms with E-state index in [-0.39, 0.29) is 0 Å². The van der Waals surface area contributed by atoms with Crippen molar-refractivity contribution in [3.8, 4) is 0 Å². The van der Waals surface area contributed by atoms with Gasteiger partial charge in [0.2, 0.25) is 0 Å². The van der Waals surface area contributed by atoms with Crippen molar-refractivity contribution in [3.05, 3.63) is 11.6 Å². The van der Waals surface area contributed by atoms with Gasteiger partial charge in [-0.2, -0.15) is 0 Å². The summed E-state index contributed by atoms with van der Waals surface area (Å²) in [6.45, 7) is 3.07. The minimum absolute atomic E-state index is 0.813. The summed E-state index contributed by atoms with van der Waals surface area (Å²) in [5, 5.41) is 0. The molecule has 58 valence electrons. The fourth-order valence-electron chi connectivity index (χ4n) is 1.13. The first kappa shape index (κ1) is 7.76. The summed E-state index contributed by atoms with van der Waals surface area (Å²) in [5.74, 6) is 0. The van der Waals surface area contributed by atoms with E-state index in [4.69, 9.17) is 4.74 Å². The van der Waals surface area contributed by atoms with Crippen LogP contribution in [0.25, 0.3) is 0 Å². The van der Waals surface area contributed by atoms with E-state index in [1.54, 1.807) is 7.11 Å². The lowest BCUT2D eigenvalue weighted by Crippen LogP contribution is -2.25. The largest absolute Gasteiger partial charge is 0.380 e. The fraction of sp³-hybridized carbons (Fsp3) is 0.750. The van der Waals surface area contributed by atoms with Gasteiger partial charge < -0.3 is 9.64 Å². The van der Waals surface area contributed by atoms with Crippen molar-refractivity contribution in [2.24, 2.45) is 0 Å². The molecule has 0 fully saturated rings. The molecule has 0 spiro atoms. The molecule has 1 aliphatic heterocycles. The average Bonchev–Trinajstić information content (AvgIpc) is 1.95. The van der Waals surface area contributed by atoms with Crippen LogP contribution in [0.2, 0.25) is 0 Å². The number of likely N-dealkylation sites (N-methyl/N-ethyl adjacent to an activating group) is 1. The Morgan fingerprint density at radius 1 is 1.70 bits per heavy atom. The molecule has 2 heteroatoms. The lowest BCUT2D eigenvalue weighted by Gasteiger charge is -2.21. The van der Waals surface area contributed by atoms with Crippen LogP contribution in [0.3, 0.4) is 0 Å². The first-order chi connectivity index (χ1) is 4.83. The van der Waals surface area contributed by atoms with Crippen molar-refractivity contribution in [3.63, 3.8) is 0 Å². The summed E-state index contributed by atoms with van der Waals surface area (Å²) in [6, 6.07) is 0. The molecule has 2 nitrogen and oxygen atoms in total. The molecule has 1 aliphatic rings. The Morgan fingerprint density at radius 2 is 2.50 bits per heavy atom. The topological polar surface area (TPSA) is 12.5 Å². The Balaban J connectivity index is 2.33. The normalized spacial score (nSPS) is 20.8. The number of hydrogen-bond acceptors (Lipinski definition) is 2. The van der Waals surface area contributed by atoms with Crippen molar-refractivity contribution in [2.75, 3.05) is 33.9 Å². The molecule has 0 atom stereocenters. The van der Waals surface area contributed by atoms with Crippen LogP contribution in [0, 0.1) is 0 Å². The highest BCUT2D eigenvalue weighted by Gasteiger charge is 2.05. The molecular formula is C8H15NO. The smallest absolute Gasteiger partial charge is 0.0673 e. The van der Waals surface area contributed by atoms with Crippen LogP contribution >= 0.6 is 0 Å². The Hall–Kier alpha value is -0.340. The molecule has 0 N–H and O–H groups in total. The molecule has 10 heavy (non-hydrogen) atoms. The predicted octanol–water partition coefficient (Wildman–Crippen LogP) is 0.895. The summed E-state index contributed by atoms with van der Waals surface area (Å²) in [7, 11) is 3.89. The van der Waals surface area contributed by atoms with Crippen molar-refractivity contribution < 1.29 is 4.74 Å². The number of rotatable bonds is 2. The average molecular weight is 141 g/mol. The SMILES string of the molecule is COCC1=CCN(C)CC1. The van der Waals surface area contributed by atoms with Gasteiger partial charge in [-0.05, 0) is 19.0 Å². The van der Waals surface area contributed by atoms with Gasteiger partial charge in [0.1, 0.15) is 0 Å². The first-order valence-corrected chi connectivity index (χ1v) is 3.68. The molecule has 1 rings (SSSR count). The highest BCUT2D eigenvalue weighted by Crippen LogP contribution is 2.08. The molecule has 0 saturated heterocycles. The first-order valence-electron chi connectivity index (χ1n) is 3.68. The molecule has 1 heterocycles. The number of methoxy groups -OCH3 is 1. The van der Waals surface area contributed by atoms with E-state index < -0.39 is 0 Å². The van der Waals surface area contributed by atoms with Gasteiger partial charge in [0.05, 0.1) is 6.61 Å².